The van der Waals surface area contributed by atoms with Crippen molar-refractivity contribution in [2.75, 3.05) is 19.6 Å². The molecule has 0 unspecified atom stereocenters. The molecule has 26 heavy (non-hydrogen) atoms. The van der Waals surface area contributed by atoms with Gasteiger partial charge in [0.25, 0.3) is 0 Å². The minimum Gasteiger partial charge on any atom is -0.468 e. The van der Waals surface area contributed by atoms with Crippen LogP contribution in [0.2, 0.25) is 0 Å². The molecule has 7 nitrogen and oxygen atoms in total. The summed E-state index contributed by atoms with van der Waals surface area (Å²) in [5.41, 5.74) is 1.19. The van der Waals surface area contributed by atoms with Gasteiger partial charge in [0.1, 0.15) is 5.76 Å². The summed E-state index contributed by atoms with van der Waals surface area (Å²) >= 11 is 0. The zero-order chi connectivity index (χ0) is 19.1. The molecule has 0 saturated carbocycles. The van der Waals surface area contributed by atoms with Gasteiger partial charge >= 0.3 is 5.69 Å². The number of amides is 1. The zero-order valence-corrected chi connectivity index (χ0v) is 16.0. The van der Waals surface area contributed by atoms with E-state index in [1.54, 1.807) is 13.2 Å². The van der Waals surface area contributed by atoms with Crippen LogP contribution in [-0.2, 0) is 11.3 Å². The quantitative estimate of drug-likeness (QED) is 0.740. The minimum absolute atomic E-state index is 0.00514. The van der Waals surface area contributed by atoms with Gasteiger partial charge in [-0.15, -0.1) is 0 Å². The third kappa shape index (κ3) is 5.05. The van der Waals surface area contributed by atoms with E-state index in [-0.39, 0.29) is 24.1 Å². The summed E-state index contributed by atoms with van der Waals surface area (Å²) in [6.07, 6.45) is 1.88. The average molecular weight is 360 g/mol. The maximum absolute atomic E-state index is 12.3. The predicted octanol–water partition coefficient (Wildman–Crippen LogP) is 2.04. The lowest BCUT2D eigenvalue weighted by atomic mass is 10.2. The molecule has 0 fully saturated rings. The van der Waals surface area contributed by atoms with Crippen molar-refractivity contribution in [3.05, 3.63) is 52.1 Å². The van der Waals surface area contributed by atoms with Gasteiger partial charge in [-0.2, -0.15) is 4.98 Å². The lowest BCUT2D eigenvalue weighted by molar-refractivity contribution is -0.121. The molecule has 2 aromatic rings. The molecule has 0 aromatic carbocycles. The van der Waals surface area contributed by atoms with Crippen LogP contribution in [0, 0.1) is 13.8 Å². The van der Waals surface area contributed by atoms with Crippen molar-refractivity contribution in [1.29, 1.82) is 0 Å². The summed E-state index contributed by atoms with van der Waals surface area (Å²) in [4.78, 5) is 30.4. The number of carbonyl (C=O) groups excluding carboxylic acids is 1. The highest BCUT2D eigenvalue weighted by molar-refractivity contribution is 5.75. The van der Waals surface area contributed by atoms with Gasteiger partial charge in [-0.1, -0.05) is 13.8 Å². The van der Waals surface area contributed by atoms with E-state index in [1.807, 2.05) is 25.1 Å². The number of nitrogens with zero attached hydrogens (tertiary/aromatic N) is 3. The van der Waals surface area contributed by atoms with Crippen molar-refractivity contribution in [1.82, 2.24) is 19.8 Å². The third-order valence-corrected chi connectivity index (χ3v) is 4.53. The Labute approximate surface area is 154 Å². The van der Waals surface area contributed by atoms with Crippen LogP contribution in [-0.4, -0.2) is 40.0 Å². The third-order valence-electron chi connectivity index (χ3n) is 4.53. The van der Waals surface area contributed by atoms with Crippen molar-refractivity contribution >= 4 is 5.91 Å². The lowest BCUT2D eigenvalue weighted by Crippen LogP contribution is -2.38. The second-order valence-electron chi connectivity index (χ2n) is 6.28. The van der Waals surface area contributed by atoms with Crippen molar-refractivity contribution in [3.8, 4) is 0 Å². The highest BCUT2D eigenvalue weighted by Crippen LogP contribution is 2.20. The summed E-state index contributed by atoms with van der Waals surface area (Å²) in [7, 11) is 0. The first-order valence-electron chi connectivity index (χ1n) is 9.05. The van der Waals surface area contributed by atoms with Crippen molar-refractivity contribution in [2.24, 2.45) is 0 Å². The van der Waals surface area contributed by atoms with Crippen LogP contribution >= 0.6 is 0 Å². The molecule has 2 aromatic heterocycles. The van der Waals surface area contributed by atoms with Crippen LogP contribution in [0.5, 0.6) is 0 Å². The second-order valence-corrected chi connectivity index (χ2v) is 6.28. The molecule has 2 rings (SSSR count). The Morgan fingerprint density at radius 2 is 2.08 bits per heavy atom. The monoisotopic (exact) mass is 360 g/mol. The molecular formula is C19H28N4O3. The van der Waals surface area contributed by atoms with Gasteiger partial charge in [-0.05, 0) is 45.1 Å². The Hall–Kier alpha value is -2.41. The standard InChI is InChI=1S/C19H28N4O3/c1-5-22(6-2)16(17-8-7-11-26-17)13-20-18(24)9-10-23-15(4)12-14(3)21-19(23)25/h7-8,11-12,16H,5-6,9-10,13H2,1-4H3,(H,20,24)/t16-/m0/s1. The molecule has 1 amide bonds. The molecule has 0 aliphatic rings. The first kappa shape index (κ1) is 19.9. The van der Waals surface area contributed by atoms with Crippen molar-refractivity contribution in [2.45, 2.75) is 46.7 Å². The maximum atomic E-state index is 12.3. The Kier molecular flexibility index (Phi) is 7.15. The first-order valence-corrected chi connectivity index (χ1v) is 9.05. The Morgan fingerprint density at radius 3 is 2.65 bits per heavy atom. The summed E-state index contributed by atoms with van der Waals surface area (Å²) in [6, 6.07) is 5.62. The van der Waals surface area contributed by atoms with Gasteiger partial charge in [-0.25, -0.2) is 4.79 Å². The highest BCUT2D eigenvalue weighted by Gasteiger charge is 2.21. The number of hydrogen-bond donors (Lipinski definition) is 1. The van der Waals surface area contributed by atoms with Gasteiger partial charge in [0.15, 0.2) is 0 Å². The number of hydrogen-bond acceptors (Lipinski definition) is 5. The number of furan rings is 1. The van der Waals surface area contributed by atoms with E-state index in [0.29, 0.717) is 18.8 Å². The Morgan fingerprint density at radius 1 is 1.35 bits per heavy atom. The molecular weight excluding hydrogens is 332 g/mol. The summed E-state index contributed by atoms with van der Waals surface area (Å²) < 4.78 is 7.07. The van der Waals surface area contributed by atoms with Crippen LogP contribution in [0.1, 0.15) is 43.5 Å². The fourth-order valence-electron chi connectivity index (χ4n) is 3.11. The van der Waals surface area contributed by atoms with Gasteiger partial charge in [-0.3, -0.25) is 14.3 Å². The second kappa shape index (κ2) is 9.33. The van der Waals surface area contributed by atoms with Crippen LogP contribution in [0.3, 0.4) is 0 Å². The smallest absolute Gasteiger partial charge is 0.347 e. The maximum Gasteiger partial charge on any atom is 0.347 e. The first-order chi connectivity index (χ1) is 12.5. The SMILES string of the molecule is CCN(CC)[C@@H](CNC(=O)CCn1c(C)cc(C)nc1=O)c1ccco1. The molecule has 0 radical (unpaired) electrons. The van der Waals surface area contributed by atoms with E-state index in [1.165, 1.54) is 4.57 Å². The molecule has 0 aliphatic heterocycles. The minimum atomic E-state index is -0.313. The summed E-state index contributed by atoms with van der Waals surface area (Å²) in [5, 5.41) is 2.96. The van der Waals surface area contributed by atoms with Gasteiger partial charge in [0.2, 0.25) is 5.91 Å². The van der Waals surface area contributed by atoms with Crippen molar-refractivity contribution in [3.63, 3.8) is 0 Å². The number of aromatic nitrogens is 2. The number of rotatable bonds is 9. The average Bonchev–Trinajstić information content (AvgIpc) is 3.11. The van der Waals surface area contributed by atoms with Crippen LogP contribution in [0.25, 0.3) is 0 Å². The fraction of sp³-hybridized carbons (Fsp3) is 0.526. The molecule has 0 aliphatic carbocycles. The number of nitrogens with one attached hydrogen (secondary N) is 1. The molecule has 0 saturated heterocycles. The molecule has 0 spiro atoms. The summed E-state index contributed by atoms with van der Waals surface area (Å²) in [5.74, 6) is 0.740. The van der Waals surface area contributed by atoms with Crippen LogP contribution in [0.15, 0.2) is 33.7 Å². The van der Waals surface area contributed by atoms with Crippen LogP contribution < -0.4 is 11.0 Å². The molecule has 7 heteroatoms. The van der Waals surface area contributed by atoms with E-state index in [0.717, 1.165) is 24.5 Å². The number of aryl methyl sites for hydroxylation is 2. The summed E-state index contributed by atoms with van der Waals surface area (Å²) in [6.45, 7) is 10.3. The van der Waals surface area contributed by atoms with E-state index in [4.69, 9.17) is 4.42 Å². The number of likely N-dealkylation sites (N-methyl/N-ethyl adjacent to an activating group) is 1. The molecule has 142 valence electrons. The molecule has 1 atom stereocenters. The van der Waals surface area contributed by atoms with E-state index in [2.05, 4.69) is 29.0 Å². The van der Waals surface area contributed by atoms with Crippen LogP contribution in [0.4, 0.5) is 0 Å². The van der Waals surface area contributed by atoms with Gasteiger partial charge in [0.05, 0.1) is 12.3 Å². The Bertz CT molecular complexity index is 764. The van der Waals surface area contributed by atoms with E-state index in [9.17, 15) is 9.59 Å². The van der Waals surface area contributed by atoms with Gasteiger partial charge < -0.3 is 9.73 Å². The van der Waals surface area contributed by atoms with E-state index >= 15 is 0 Å². The van der Waals surface area contributed by atoms with Crippen molar-refractivity contribution < 1.29 is 9.21 Å². The molecule has 1 N–H and O–H groups in total. The lowest BCUT2D eigenvalue weighted by Gasteiger charge is -2.28. The normalized spacial score (nSPS) is 12.3. The Balaban J connectivity index is 1.95. The van der Waals surface area contributed by atoms with E-state index < -0.39 is 0 Å². The van der Waals surface area contributed by atoms with Gasteiger partial charge in [0, 0.05) is 30.9 Å². The predicted molar refractivity (Wildman–Crippen MR) is 100.0 cm³/mol. The molecule has 0 bridgehead atoms. The fourth-order valence-corrected chi connectivity index (χ4v) is 3.11. The number of carbonyl (C=O) groups is 1. The largest absolute Gasteiger partial charge is 0.468 e. The zero-order valence-electron chi connectivity index (χ0n) is 16.0. The molecule has 2 heterocycles. The highest BCUT2D eigenvalue weighted by atomic mass is 16.3. The topological polar surface area (TPSA) is 80.4 Å².